The van der Waals surface area contributed by atoms with Crippen LogP contribution in [0.4, 0.5) is 5.69 Å². The van der Waals surface area contributed by atoms with E-state index >= 15 is 0 Å². The molecule has 0 spiro atoms. The number of nitro benzene ring substituents is 1. The molecule has 1 atom stereocenters. The molecular weight excluding hydrogens is 1710 g/mol. The summed E-state index contributed by atoms with van der Waals surface area (Å²) in [5.74, 6) is 4.90. The van der Waals surface area contributed by atoms with Gasteiger partial charge >= 0.3 is 0 Å². The number of fused-ring (bicyclic) bond motifs is 2. The predicted molar refractivity (Wildman–Crippen MR) is 515 cm³/mol. The molecule has 17 aromatic rings. The number of hydrogen-bond acceptors (Lipinski definition) is 21. The van der Waals surface area contributed by atoms with Crippen molar-refractivity contribution in [1.29, 1.82) is 0 Å². The van der Waals surface area contributed by atoms with Gasteiger partial charge in [0.25, 0.3) is 17.5 Å². The largest absolute Gasteiger partial charge is 0.493 e. The number of imidazole rings is 1. The van der Waals surface area contributed by atoms with Crippen molar-refractivity contribution in [3.05, 3.63) is 430 Å². The topological polar surface area (TPSA) is 234 Å². The molecule has 2 amide bonds. The molecule has 0 radical (unpaired) electrons. The van der Waals surface area contributed by atoms with Crippen molar-refractivity contribution in [3.8, 4) is 11.5 Å². The number of pyridine rings is 1. The molecule has 8 heterocycles. The first kappa shape index (κ1) is 94.2. The number of nitrogens with zero attached hydrogens (tertiary/aromatic N) is 12. The maximum atomic E-state index is 13.3. The first-order valence-electron chi connectivity index (χ1n) is 42.5. The third-order valence-electron chi connectivity index (χ3n) is 21.7. The number of furan rings is 3. The van der Waals surface area contributed by atoms with Crippen LogP contribution in [-0.2, 0) is 85.6 Å². The molecule has 22 nitrogen and oxygen atoms in total. The van der Waals surface area contributed by atoms with E-state index in [1.807, 2.05) is 211 Å². The highest BCUT2D eigenvalue weighted by Gasteiger charge is 2.28. The summed E-state index contributed by atoms with van der Waals surface area (Å²) >= 11 is 11.0. The fraction of sp³-hybridized carbons (Fsp3) is 0.221. The van der Waals surface area contributed by atoms with Crippen LogP contribution >= 0.6 is 46.0 Å². The quantitative estimate of drug-likeness (QED) is 0.0216. The number of para-hydroxylation sites is 3. The highest BCUT2D eigenvalue weighted by molar-refractivity contribution is 8.00. The molecule has 0 aliphatic rings. The van der Waals surface area contributed by atoms with E-state index in [-0.39, 0.29) is 28.5 Å². The van der Waals surface area contributed by atoms with Crippen LogP contribution in [-0.4, -0.2) is 91.4 Å². The van der Waals surface area contributed by atoms with E-state index in [0.29, 0.717) is 84.3 Å². The molecule has 0 saturated carbocycles. The number of halogens is 1. The Hall–Kier alpha value is -13.4. The van der Waals surface area contributed by atoms with Gasteiger partial charge in [-0.25, -0.2) is 9.97 Å². The number of oxazole rings is 1. The highest BCUT2D eigenvalue weighted by atomic mass is 35.5. The van der Waals surface area contributed by atoms with E-state index in [4.69, 9.17) is 38.7 Å². The van der Waals surface area contributed by atoms with Gasteiger partial charge in [-0.1, -0.05) is 240 Å². The van der Waals surface area contributed by atoms with Crippen molar-refractivity contribution in [1.82, 2.24) is 54.2 Å². The van der Waals surface area contributed by atoms with Gasteiger partial charge in [-0.05, 0) is 159 Å². The molecule has 17 rings (SSSR count). The normalized spacial score (nSPS) is 11.3. The molecule has 0 N–H and O–H groups in total. The Morgan fingerprint density at radius 3 is 1.85 bits per heavy atom. The lowest BCUT2D eigenvalue weighted by molar-refractivity contribution is -0.385. The van der Waals surface area contributed by atoms with Crippen molar-refractivity contribution in [3.63, 3.8) is 0 Å². The lowest BCUT2D eigenvalue weighted by Crippen LogP contribution is -2.30. The molecule has 0 bridgehead atoms. The Kier molecular flexibility index (Phi) is 34.1. The Balaban J connectivity index is 0.000000139. The SMILES string of the molecule is COc1ccc(CN(Cc2cccs2)C(=O)c2cc3ccccc3o2)cc1OC.CSc1nnc(CN(Cc2ccccc2)Cc2ccccc2)s1.Cc1ccc(CN(Cc2ccco2)C(=O)c2oc3ccccc3c2C)cc1.Cc1cccc(CN(Cc2ccccn2)Cc2nccn2C)c1.Cc1nc(CN(Cc2ccccc2[N+](=O)[O-])C(C)c2ccc(Cl)cc2)oc1C. The van der Waals surface area contributed by atoms with Gasteiger partial charge in [-0.2, -0.15) is 0 Å². The number of carbonyl (C=O) groups excluding carboxylic acids is 2. The Bertz CT molecular complexity index is 6310. The van der Waals surface area contributed by atoms with Gasteiger partial charge in [-0.3, -0.25) is 39.4 Å². The van der Waals surface area contributed by atoms with Gasteiger partial charge in [0, 0.05) is 115 Å². The summed E-state index contributed by atoms with van der Waals surface area (Å²) in [7, 11) is 5.24. The van der Waals surface area contributed by atoms with Gasteiger partial charge in [0.1, 0.15) is 33.5 Å². The maximum Gasteiger partial charge on any atom is 0.290 e. The standard InChI is InChI=1S/C23H21NO4S.C23H21NO3.C21H22ClN3O3.C19H22N4.C18H19N3S2/c1-26-20-10-9-16(12-21(20)27-2)14-24(15-18-7-5-11-29-18)23(25)22-13-17-6-3-4-8-19(17)28-22;1-16-9-11-18(12-10-16)14-24(15-19-6-5-13-26-19)23(25)22-17(2)20-7-3-4-8-21(20)27-22;1-14-16(3)28-21(23-14)13-24(15(2)17-8-10-19(22)11-9-17)12-18-6-4-5-7-20(18)25(26)27;1-16-6-5-7-17(12-16)13-23(14-18-8-3-4-9-20-18)15-19-21-10-11-22(19)2;1-22-18-20-19-17(23-18)14-21(12-15-8-4-2-5-9-15)13-16-10-6-3-7-11-16/h3-13H,14-15H2,1-2H3;3-13H,14-15H2,1-2H3;4-11,15H,12-13H2,1-3H3;3-12H,13-15H2,1-2H3;2-11H,12-14H2,1H3. The number of nitro groups is 1. The number of rotatable bonds is 32. The number of benzene rings is 9. The lowest BCUT2D eigenvalue weighted by Gasteiger charge is -2.28. The van der Waals surface area contributed by atoms with Crippen LogP contribution in [0.25, 0.3) is 21.9 Å². The molecule has 0 fully saturated rings. The molecule has 26 heteroatoms. The number of hydrogen-bond donors (Lipinski definition) is 0. The van der Waals surface area contributed by atoms with Crippen LogP contribution in [0.3, 0.4) is 0 Å². The molecule has 0 aliphatic carbocycles. The summed E-state index contributed by atoms with van der Waals surface area (Å²) in [6, 6.07) is 89.0. The second kappa shape index (κ2) is 47.1. The van der Waals surface area contributed by atoms with Crippen LogP contribution in [0.2, 0.25) is 5.02 Å². The average molecular weight is 1810 g/mol. The van der Waals surface area contributed by atoms with Gasteiger partial charge < -0.3 is 41.5 Å². The lowest BCUT2D eigenvalue weighted by atomic mass is 10.1. The number of aryl methyl sites for hydroxylation is 6. The number of methoxy groups -OCH3 is 2. The van der Waals surface area contributed by atoms with Gasteiger partial charge in [0.05, 0.1) is 69.5 Å². The summed E-state index contributed by atoms with van der Waals surface area (Å²) in [5, 5.41) is 25.6. The monoisotopic (exact) mass is 1810 g/mol. The Morgan fingerprint density at radius 2 is 1.21 bits per heavy atom. The van der Waals surface area contributed by atoms with Crippen molar-refractivity contribution in [2.75, 3.05) is 20.5 Å². The van der Waals surface area contributed by atoms with Gasteiger partial charge in [0.15, 0.2) is 27.4 Å². The third kappa shape index (κ3) is 27.1. The van der Waals surface area contributed by atoms with Crippen molar-refractivity contribution in [2.24, 2.45) is 7.05 Å². The summed E-state index contributed by atoms with van der Waals surface area (Å²) in [6.45, 7) is 19.7. The van der Waals surface area contributed by atoms with Crippen LogP contribution < -0.4 is 9.47 Å². The van der Waals surface area contributed by atoms with Crippen molar-refractivity contribution < 1.29 is 41.7 Å². The smallest absolute Gasteiger partial charge is 0.290 e. The highest BCUT2D eigenvalue weighted by Crippen LogP contribution is 2.34. The minimum absolute atomic E-state index is 0.0235. The number of amides is 2. The first-order valence-corrected chi connectivity index (χ1v) is 45.8. The van der Waals surface area contributed by atoms with Crippen LogP contribution in [0, 0.1) is 44.7 Å². The zero-order chi connectivity index (χ0) is 91.3. The van der Waals surface area contributed by atoms with E-state index < -0.39 is 0 Å². The number of thioether (sulfide) groups is 1. The molecule has 0 saturated heterocycles. The maximum absolute atomic E-state index is 13.3. The fourth-order valence-corrected chi connectivity index (χ4v) is 16.9. The molecule has 9 aromatic carbocycles. The number of carbonyl (C=O) groups is 2. The number of aromatic nitrogens is 6. The molecule has 0 aliphatic heterocycles. The second-order valence-corrected chi connectivity index (χ2v) is 34.9. The minimum Gasteiger partial charge on any atom is -0.493 e. The van der Waals surface area contributed by atoms with Crippen molar-refractivity contribution in [2.45, 2.75) is 130 Å². The van der Waals surface area contributed by atoms with Crippen LogP contribution in [0.15, 0.2) is 325 Å². The minimum atomic E-state index is -0.347. The van der Waals surface area contributed by atoms with Gasteiger partial charge in [-0.15, -0.1) is 21.5 Å². The van der Waals surface area contributed by atoms with Crippen LogP contribution in [0.1, 0.15) is 134 Å². The van der Waals surface area contributed by atoms with E-state index in [9.17, 15) is 19.7 Å². The first-order chi connectivity index (χ1) is 63.2. The Labute approximate surface area is 775 Å². The molecule has 130 heavy (non-hydrogen) atoms. The predicted octanol–water partition coefficient (Wildman–Crippen LogP) is 24.2. The molecular formula is C104H105ClN12O10S3. The summed E-state index contributed by atoms with van der Waals surface area (Å²) in [4.78, 5) is 62.6. The fourth-order valence-electron chi connectivity index (χ4n) is 14.7. The summed E-state index contributed by atoms with van der Waals surface area (Å²) in [6.07, 6.45) is 9.34. The second-order valence-electron chi connectivity index (χ2n) is 31.3. The van der Waals surface area contributed by atoms with Gasteiger partial charge in [0.2, 0.25) is 5.89 Å². The zero-order valence-electron chi connectivity index (χ0n) is 74.5. The zero-order valence-corrected chi connectivity index (χ0v) is 77.7. The third-order valence-corrected chi connectivity index (χ3v) is 24.7. The summed E-state index contributed by atoms with van der Waals surface area (Å²) in [5.41, 5.74) is 14.5. The van der Waals surface area contributed by atoms with E-state index in [2.05, 4.69) is 161 Å². The van der Waals surface area contributed by atoms with E-state index in [1.165, 1.54) is 33.9 Å². The number of thiophene rings is 1. The van der Waals surface area contributed by atoms with E-state index in [0.717, 1.165) is 121 Å². The van der Waals surface area contributed by atoms with Crippen LogP contribution in [0.5, 0.6) is 11.5 Å². The molecule has 8 aromatic heterocycles. The average Bonchev–Trinajstić information content (AvgIpc) is 1.67. The van der Waals surface area contributed by atoms with E-state index in [1.54, 1.807) is 82.9 Å². The van der Waals surface area contributed by atoms with Crippen molar-refractivity contribution >= 4 is 85.5 Å². The summed E-state index contributed by atoms with van der Waals surface area (Å²) < 4.78 is 36.8. The molecule has 1 unspecified atom stereocenters. The molecule has 666 valence electrons. The Morgan fingerprint density at radius 1 is 0.554 bits per heavy atom. The number of ether oxygens (including phenoxy) is 2.